The van der Waals surface area contributed by atoms with Gasteiger partial charge in [-0.25, -0.2) is 0 Å². The number of amides is 2. The Balaban J connectivity index is 1.83. The van der Waals surface area contributed by atoms with E-state index < -0.39 is 0 Å². The molecule has 2 heterocycles. The Morgan fingerprint density at radius 2 is 1.82 bits per heavy atom. The Hall–Kier alpha value is -1.34. The summed E-state index contributed by atoms with van der Waals surface area (Å²) in [6.45, 7) is 8.52. The van der Waals surface area contributed by atoms with Gasteiger partial charge < -0.3 is 14.2 Å². The molecule has 7 heteroatoms. The molecule has 1 aliphatic heterocycles. The molecular weight excluding hydrogens is 350 g/mol. The summed E-state index contributed by atoms with van der Waals surface area (Å²) in [6.07, 6.45) is 0. The minimum atomic E-state index is -0.0968. The smallest absolute Gasteiger partial charge is 0.289 e. The van der Waals surface area contributed by atoms with Crippen LogP contribution in [0.5, 0.6) is 0 Å². The quantitative estimate of drug-likeness (QED) is 0.789. The molecule has 1 fully saturated rings. The summed E-state index contributed by atoms with van der Waals surface area (Å²) >= 11 is 3.20. The molecule has 0 bridgehead atoms. The molecule has 1 aliphatic rings. The number of carbonyl (C=O) groups is 2. The van der Waals surface area contributed by atoms with Crippen LogP contribution in [0.15, 0.2) is 21.2 Å². The number of rotatable bonds is 5. The molecule has 0 spiro atoms. The molecule has 0 radical (unpaired) electrons. The van der Waals surface area contributed by atoms with Gasteiger partial charge in [-0.2, -0.15) is 0 Å². The number of likely N-dealkylation sites (N-methyl/N-ethyl adjacent to an activating group) is 1. The zero-order valence-electron chi connectivity index (χ0n) is 13.0. The van der Waals surface area contributed by atoms with E-state index in [2.05, 4.69) is 20.8 Å². The first-order valence-electron chi connectivity index (χ1n) is 7.59. The lowest BCUT2D eigenvalue weighted by Gasteiger charge is -2.34. The van der Waals surface area contributed by atoms with Crippen LogP contribution in [-0.4, -0.2) is 72.3 Å². The number of hydrogen-bond acceptors (Lipinski definition) is 4. The van der Waals surface area contributed by atoms with Gasteiger partial charge in [0.05, 0.1) is 6.54 Å². The Labute approximate surface area is 139 Å². The molecule has 0 unspecified atom stereocenters. The van der Waals surface area contributed by atoms with Gasteiger partial charge in [0.25, 0.3) is 5.91 Å². The van der Waals surface area contributed by atoms with E-state index >= 15 is 0 Å². The third-order valence-corrected chi connectivity index (χ3v) is 4.34. The molecule has 0 saturated carbocycles. The van der Waals surface area contributed by atoms with E-state index in [0.29, 0.717) is 43.2 Å². The van der Waals surface area contributed by atoms with Crippen LogP contribution in [0.4, 0.5) is 0 Å². The van der Waals surface area contributed by atoms with Gasteiger partial charge in [0, 0.05) is 39.3 Å². The second kappa shape index (κ2) is 7.78. The van der Waals surface area contributed by atoms with E-state index in [-0.39, 0.29) is 11.8 Å². The average Bonchev–Trinajstić information content (AvgIpc) is 2.95. The van der Waals surface area contributed by atoms with Crippen molar-refractivity contribution in [1.29, 1.82) is 0 Å². The van der Waals surface area contributed by atoms with E-state index in [4.69, 9.17) is 4.42 Å². The second-order valence-electron chi connectivity index (χ2n) is 5.24. The Morgan fingerprint density at radius 3 is 2.32 bits per heavy atom. The first-order chi connectivity index (χ1) is 10.5. The highest BCUT2D eigenvalue weighted by Gasteiger charge is 2.25. The van der Waals surface area contributed by atoms with Gasteiger partial charge in [-0.15, -0.1) is 0 Å². The minimum Gasteiger partial charge on any atom is -0.444 e. The molecule has 0 aromatic carbocycles. The number of nitrogens with zero attached hydrogens (tertiary/aromatic N) is 3. The van der Waals surface area contributed by atoms with Crippen LogP contribution in [0.3, 0.4) is 0 Å². The van der Waals surface area contributed by atoms with E-state index in [1.165, 1.54) is 0 Å². The van der Waals surface area contributed by atoms with E-state index in [0.717, 1.165) is 13.1 Å². The molecule has 2 rings (SSSR count). The molecule has 1 saturated heterocycles. The molecular formula is C15H22BrN3O3. The van der Waals surface area contributed by atoms with Crippen molar-refractivity contribution in [1.82, 2.24) is 14.7 Å². The van der Waals surface area contributed by atoms with Crippen molar-refractivity contribution in [3.63, 3.8) is 0 Å². The van der Waals surface area contributed by atoms with Crippen LogP contribution < -0.4 is 0 Å². The Kier molecular flexibility index (Phi) is 6.02. The van der Waals surface area contributed by atoms with Gasteiger partial charge in [0.15, 0.2) is 10.4 Å². The summed E-state index contributed by atoms with van der Waals surface area (Å²) in [5.41, 5.74) is 0. The number of hydrogen-bond donors (Lipinski definition) is 0. The zero-order valence-corrected chi connectivity index (χ0v) is 14.6. The van der Waals surface area contributed by atoms with Crippen molar-refractivity contribution in [2.24, 2.45) is 0 Å². The third kappa shape index (κ3) is 4.10. The minimum absolute atomic E-state index is 0.0968. The molecule has 22 heavy (non-hydrogen) atoms. The van der Waals surface area contributed by atoms with Crippen LogP contribution in [-0.2, 0) is 4.79 Å². The molecule has 0 aliphatic carbocycles. The lowest BCUT2D eigenvalue weighted by Crippen LogP contribution is -2.51. The van der Waals surface area contributed by atoms with Crippen LogP contribution in [0.1, 0.15) is 24.4 Å². The maximum atomic E-state index is 12.3. The van der Waals surface area contributed by atoms with Gasteiger partial charge in [0.1, 0.15) is 0 Å². The summed E-state index contributed by atoms with van der Waals surface area (Å²) in [5.74, 6) is 0.403. The SMILES string of the molecule is CCN(CC)C(=O)CN1CCN(C(=O)c2ccc(Br)o2)CC1. The highest BCUT2D eigenvalue weighted by Crippen LogP contribution is 2.16. The normalized spacial score (nSPS) is 15.9. The van der Waals surface area contributed by atoms with Crippen molar-refractivity contribution in [3.8, 4) is 0 Å². The van der Waals surface area contributed by atoms with Crippen molar-refractivity contribution in [3.05, 3.63) is 22.6 Å². The van der Waals surface area contributed by atoms with Crippen molar-refractivity contribution in [2.45, 2.75) is 13.8 Å². The van der Waals surface area contributed by atoms with Crippen molar-refractivity contribution >= 4 is 27.7 Å². The van der Waals surface area contributed by atoms with E-state index in [1.807, 2.05) is 18.7 Å². The summed E-state index contributed by atoms with van der Waals surface area (Å²) in [6, 6.07) is 3.38. The standard InChI is InChI=1S/C15H22BrN3O3/c1-3-18(4-2)14(20)11-17-7-9-19(10-8-17)15(21)12-5-6-13(16)22-12/h5-6H,3-4,7-11H2,1-2H3. The molecule has 1 aromatic rings. The summed E-state index contributed by atoms with van der Waals surface area (Å²) in [5, 5.41) is 0. The van der Waals surface area contributed by atoms with E-state index in [1.54, 1.807) is 17.0 Å². The Bertz CT molecular complexity index is 520. The number of carbonyl (C=O) groups excluding carboxylic acids is 2. The predicted octanol–water partition coefficient (Wildman–Crippen LogP) is 1.67. The maximum Gasteiger partial charge on any atom is 0.289 e. The maximum absolute atomic E-state index is 12.3. The molecule has 0 atom stereocenters. The van der Waals surface area contributed by atoms with Crippen molar-refractivity contribution in [2.75, 3.05) is 45.8 Å². The van der Waals surface area contributed by atoms with Crippen LogP contribution in [0, 0.1) is 0 Å². The first kappa shape index (κ1) is 17.0. The number of piperazine rings is 1. The fourth-order valence-corrected chi connectivity index (χ4v) is 2.87. The Morgan fingerprint density at radius 1 is 1.18 bits per heavy atom. The molecule has 6 nitrogen and oxygen atoms in total. The van der Waals surface area contributed by atoms with Crippen LogP contribution >= 0.6 is 15.9 Å². The molecule has 2 amide bonds. The highest BCUT2D eigenvalue weighted by atomic mass is 79.9. The van der Waals surface area contributed by atoms with Gasteiger partial charge in [-0.05, 0) is 41.9 Å². The molecule has 122 valence electrons. The van der Waals surface area contributed by atoms with E-state index in [9.17, 15) is 9.59 Å². The molecule has 1 aromatic heterocycles. The average molecular weight is 372 g/mol. The molecule has 0 N–H and O–H groups in total. The second-order valence-corrected chi connectivity index (χ2v) is 6.02. The number of halogens is 1. The summed E-state index contributed by atoms with van der Waals surface area (Å²) in [4.78, 5) is 30.1. The fourth-order valence-electron chi connectivity index (χ4n) is 2.56. The first-order valence-corrected chi connectivity index (χ1v) is 8.39. The number of furan rings is 1. The zero-order chi connectivity index (χ0) is 16.1. The monoisotopic (exact) mass is 371 g/mol. The third-order valence-electron chi connectivity index (χ3n) is 3.92. The van der Waals surface area contributed by atoms with Crippen molar-refractivity contribution < 1.29 is 14.0 Å². The van der Waals surface area contributed by atoms with Gasteiger partial charge in [0.2, 0.25) is 5.91 Å². The lowest BCUT2D eigenvalue weighted by molar-refractivity contribution is -0.132. The van der Waals surface area contributed by atoms with Crippen LogP contribution in [0.2, 0.25) is 0 Å². The van der Waals surface area contributed by atoms with Gasteiger partial charge >= 0.3 is 0 Å². The lowest BCUT2D eigenvalue weighted by atomic mass is 10.2. The van der Waals surface area contributed by atoms with Crippen LogP contribution in [0.25, 0.3) is 0 Å². The summed E-state index contributed by atoms with van der Waals surface area (Å²) in [7, 11) is 0. The topological polar surface area (TPSA) is 57.0 Å². The van der Waals surface area contributed by atoms with Gasteiger partial charge in [-0.3, -0.25) is 14.5 Å². The van der Waals surface area contributed by atoms with Gasteiger partial charge in [-0.1, -0.05) is 0 Å². The highest BCUT2D eigenvalue weighted by molar-refractivity contribution is 9.10. The predicted molar refractivity (Wildman–Crippen MR) is 86.7 cm³/mol. The summed E-state index contributed by atoms with van der Waals surface area (Å²) < 4.78 is 5.86. The largest absolute Gasteiger partial charge is 0.444 e. The fraction of sp³-hybridized carbons (Fsp3) is 0.600.